The summed E-state index contributed by atoms with van der Waals surface area (Å²) in [7, 11) is 0. The van der Waals surface area contributed by atoms with Gasteiger partial charge in [-0.2, -0.15) is 0 Å². The van der Waals surface area contributed by atoms with Crippen LogP contribution in [-0.2, 0) is 14.3 Å². The van der Waals surface area contributed by atoms with Gasteiger partial charge >= 0.3 is 5.97 Å². The number of allylic oxidation sites excluding steroid dienone is 1. The number of ether oxygens (including phenoxy) is 1. The van der Waals surface area contributed by atoms with Gasteiger partial charge in [-0.05, 0) is 100 Å². The van der Waals surface area contributed by atoms with E-state index in [1.807, 2.05) is 6.08 Å². The zero-order chi connectivity index (χ0) is 21.6. The average Bonchev–Trinajstić information content (AvgIpc) is 3.10. The van der Waals surface area contributed by atoms with Crippen molar-refractivity contribution in [1.82, 2.24) is 4.90 Å². The van der Waals surface area contributed by atoms with Gasteiger partial charge in [0.2, 0.25) is 0 Å². The standard InChI is InChI=1S/C27H41NO3/c1-26-13-10-20(29)18-19(26)6-7-21-22-8-9-24(27(22,2)14-11-23(21)26)31-25(30)12-17-28-15-4-3-5-16-28/h18,21-24H,3-17H2,1-2H3/t21-,22-,23-,24+,26-,27-/m0/s1. The summed E-state index contributed by atoms with van der Waals surface area (Å²) in [6.07, 6.45) is 15.2. The molecular formula is C27H41NO3. The lowest BCUT2D eigenvalue weighted by Gasteiger charge is -2.57. The first-order valence-electron chi connectivity index (χ1n) is 13.1. The molecule has 5 aliphatic rings. The zero-order valence-corrected chi connectivity index (χ0v) is 19.7. The van der Waals surface area contributed by atoms with Gasteiger partial charge in [0.25, 0.3) is 0 Å². The maximum atomic E-state index is 12.7. The fraction of sp³-hybridized carbons (Fsp3) is 0.852. The van der Waals surface area contributed by atoms with Crippen LogP contribution < -0.4 is 0 Å². The third-order valence-corrected chi connectivity index (χ3v) is 10.2. The number of piperidine rings is 1. The van der Waals surface area contributed by atoms with Gasteiger partial charge in [-0.15, -0.1) is 0 Å². The minimum absolute atomic E-state index is 0.0196. The molecule has 4 nitrogen and oxygen atoms in total. The highest BCUT2D eigenvalue weighted by Gasteiger charge is 2.59. The predicted octanol–water partition coefficient (Wildman–Crippen LogP) is 5.31. The van der Waals surface area contributed by atoms with E-state index in [9.17, 15) is 9.59 Å². The maximum Gasteiger partial charge on any atom is 0.307 e. The number of hydrogen-bond acceptors (Lipinski definition) is 4. The SMILES string of the molecule is C[C@]12CC[C@H]3[C@@H](CCC4=CC(=O)CC[C@@]43C)[C@@H]1CC[C@H]2OC(=O)CCN1CCCCC1. The van der Waals surface area contributed by atoms with Crippen LogP contribution in [0, 0.1) is 28.6 Å². The molecule has 6 atom stereocenters. The Bertz CT molecular complexity index is 754. The summed E-state index contributed by atoms with van der Waals surface area (Å²) in [5.74, 6) is 2.45. The Hall–Kier alpha value is -1.16. The van der Waals surface area contributed by atoms with Crippen molar-refractivity contribution >= 4 is 11.8 Å². The van der Waals surface area contributed by atoms with E-state index < -0.39 is 0 Å². The maximum absolute atomic E-state index is 12.7. The van der Waals surface area contributed by atoms with E-state index in [1.54, 1.807) is 0 Å². The Morgan fingerprint density at radius 3 is 2.65 bits per heavy atom. The molecule has 1 heterocycles. The zero-order valence-electron chi connectivity index (χ0n) is 19.7. The fourth-order valence-corrected chi connectivity index (χ4v) is 8.35. The van der Waals surface area contributed by atoms with Crippen molar-refractivity contribution in [2.75, 3.05) is 19.6 Å². The molecule has 1 saturated heterocycles. The third-order valence-electron chi connectivity index (χ3n) is 10.2. The first-order valence-corrected chi connectivity index (χ1v) is 13.1. The third kappa shape index (κ3) is 3.81. The molecule has 0 N–H and O–H groups in total. The number of rotatable bonds is 4. The van der Waals surface area contributed by atoms with Crippen LogP contribution in [0.4, 0.5) is 0 Å². The molecule has 0 amide bonds. The molecule has 3 saturated carbocycles. The van der Waals surface area contributed by atoms with E-state index in [-0.39, 0.29) is 22.9 Å². The molecule has 4 fully saturated rings. The van der Waals surface area contributed by atoms with Gasteiger partial charge < -0.3 is 9.64 Å². The highest BCUT2D eigenvalue weighted by atomic mass is 16.5. The first kappa shape index (κ1) is 21.7. The van der Waals surface area contributed by atoms with Crippen LogP contribution in [0.25, 0.3) is 0 Å². The van der Waals surface area contributed by atoms with E-state index in [0.29, 0.717) is 24.0 Å². The molecular weight excluding hydrogens is 386 g/mol. The van der Waals surface area contributed by atoms with Gasteiger partial charge in [-0.25, -0.2) is 0 Å². The second kappa shape index (κ2) is 8.32. The number of carbonyl (C=O) groups excluding carboxylic acids is 2. The minimum atomic E-state index is 0.0196. The van der Waals surface area contributed by atoms with Crippen LogP contribution in [0.15, 0.2) is 11.6 Å². The summed E-state index contributed by atoms with van der Waals surface area (Å²) >= 11 is 0. The van der Waals surface area contributed by atoms with Crippen molar-refractivity contribution in [3.05, 3.63) is 11.6 Å². The number of likely N-dealkylation sites (tertiary alicyclic amines) is 1. The molecule has 0 aromatic heterocycles. The summed E-state index contributed by atoms with van der Waals surface area (Å²) in [6.45, 7) is 8.00. The summed E-state index contributed by atoms with van der Waals surface area (Å²) in [5.41, 5.74) is 1.80. The van der Waals surface area contributed by atoms with Crippen molar-refractivity contribution in [3.8, 4) is 0 Å². The minimum Gasteiger partial charge on any atom is -0.462 e. The summed E-state index contributed by atoms with van der Waals surface area (Å²) in [4.78, 5) is 27.2. The summed E-state index contributed by atoms with van der Waals surface area (Å²) < 4.78 is 6.18. The normalized spacial score (nSPS) is 42.9. The summed E-state index contributed by atoms with van der Waals surface area (Å²) in [6, 6.07) is 0. The van der Waals surface area contributed by atoms with Crippen LogP contribution in [0.5, 0.6) is 0 Å². The lowest BCUT2D eigenvalue weighted by molar-refractivity contribution is -0.160. The largest absolute Gasteiger partial charge is 0.462 e. The number of hydrogen-bond donors (Lipinski definition) is 0. The van der Waals surface area contributed by atoms with Gasteiger partial charge in [-0.1, -0.05) is 25.8 Å². The Labute approximate surface area is 188 Å². The molecule has 31 heavy (non-hydrogen) atoms. The highest BCUT2D eigenvalue weighted by molar-refractivity contribution is 5.91. The van der Waals surface area contributed by atoms with Gasteiger partial charge in [-0.3, -0.25) is 9.59 Å². The van der Waals surface area contributed by atoms with Crippen LogP contribution in [0.2, 0.25) is 0 Å². The Morgan fingerprint density at radius 2 is 1.84 bits per heavy atom. The first-order chi connectivity index (χ1) is 14.9. The molecule has 0 unspecified atom stereocenters. The van der Waals surface area contributed by atoms with E-state index in [2.05, 4.69) is 18.7 Å². The predicted molar refractivity (Wildman–Crippen MR) is 121 cm³/mol. The van der Waals surface area contributed by atoms with Crippen molar-refractivity contribution in [2.24, 2.45) is 28.6 Å². The fourth-order valence-electron chi connectivity index (χ4n) is 8.35. The Kier molecular flexibility index (Phi) is 5.82. The molecule has 172 valence electrons. The molecule has 4 aliphatic carbocycles. The number of fused-ring (bicyclic) bond motifs is 5. The van der Waals surface area contributed by atoms with Crippen molar-refractivity contribution in [3.63, 3.8) is 0 Å². The van der Waals surface area contributed by atoms with Crippen molar-refractivity contribution < 1.29 is 14.3 Å². The Morgan fingerprint density at radius 1 is 1.03 bits per heavy atom. The van der Waals surface area contributed by atoms with Crippen LogP contribution in [-0.4, -0.2) is 42.4 Å². The number of carbonyl (C=O) groups is 2. The number of nitrogens with zero attached hydrogens (tertiary/aromatic N) is 1. The lowest BCUT2D eigenvalue weighted by atomic mass is 9.47. The van der Waals surface area contributed by atoms with Crippen molar-refractivity contribution in [2.45, 2.75) is 97.0 Å². The van der Waals surface area contributed by atoms with E-state index in [0.717, 1.165) is 51.2 Å². The smallest absolute Gasteiger partial charge is 0.307 e. The lowest BCUT2D eigenvalue weighted by Crippen LogP contribution is -2.51. The number of ketones is 1. The van der Waals surface area contributed by atoms with E-state index >= 15 is 0 Å². The van der Waals surface area contributed by atoms with Gasteiger partial charge in [0.1, 0.15) is 6.10 Å². The van der Waals surface area contributed by atoms with E-state index in [1.165, 1.54) is 50.5 Å². The van der Waals surface area contributed by atoms with Gasteiger partial charge in [0.05, 0.1) is 6.42 Å². The second-order valence-electron chi connectivity index (χ2n) is 11.7. The summed E-state index contributed by atoms with van der Waals surface area (Å²) in [5, 5.41) is 0. The monoisotopic (exact) mass is 427 g/mol. The molecule has 0 radical (unpaired) electrons. The average molecular weight is 428 g/mol. The molecule has 4 heteroatoms. The Balaban J connectivity index is 1.23. The molecule has 0 aromatic carbocycles. The highest BCUT2D eigenvalue weighted by Crippen LogP contribution is 2.65. The second-order valence-corrected chi connectivity index (χ2v) is 11.7. The topological polar surface area (TPSA) is 46.6 Å². The van der Waals surface area contributed by atoms with E-state index in [4.69, 9.17) is 4.74 Å². The van der Waals surface area contributed by atoms with Gasteiger partial charge in [0, 0.05) is 18.4 Å². The molecule has 1 aliphatic heterocycles. The van der Waals surface area contributed by atoms with Gasteiger partial charge in [0.15, 0.2) is 5.78 Å². The molecule has 0 aromatic rings. The number of esters is 1. The van der Waals surface area contributed by atoms with Crippen LogP contribution >= 0.6 is 0 Å². The molecule has 0 spiro atoms. The molecule has 0 bridgehead atoms. The molecule has 5 rings (SSSR count). The quantitative estimate of drug-likeness (QED) is 0.571. The van der Waals surface area contributed by atoms with Crippen LogP contribution in [0.3, 0.4) is 0 Å². The van der Waals surface area contributed by atoms with Crippen LogP contribution in [0.1, 0.15) is 90.9 Å². The van der Waals surface area contributed by atoms with Crippen molar-refractivity contribution in [1.29, 1.82) is 0 Å².